The summed E-state index contributed by atoms with van der Waals surface area (Å²) in [7, 11) is -1.54. The third-order valence-corrected chi connectivity index (χ3v) is 31.7. The van der Waals surface area contributed by atoms with Crippen LogP contribution in [0.25, 0.3) is 0 Å². The molecule has 41 nitrogen and oxygen atoms in total. The maximum atomic E-state index is 16.4. The van der Waals surface area contributed by atoms with Gasteiger partial charge in [0.1, 0.15) is 111 Å². The van der Waals surface area contributed by atoms with E-state index in [1.54, 1.807) is 66.7 Å². The number of carboxylic acids is 2. The van der Waals surface area contributed by atoms with Gasteiger partial charge in [-0.05, 0) is 96.1 Å². The van der Waals surface area contributed by atoms with E-state index in [9.17, 15) is 54.0 Å². The summed E-state index contributed by atoms with van der Waals surface area (Å²) in [5, 5.41) is 52.4. The number of halogens is 4. The number of amides is 3. The van der Waals surface area contributed by atoms with Crippen LogP contribution in [0.4, 0.5) is 14.4 Å². The average molecular weight is 2200 g/mol. The Bertz CT molecular complexity index is 5340. The molecule has 7 N–H and O–H groups in total. The van der Waals surface area contributed by atoms with E-state index in [0.29, 0.717) is 47.4 Å². The SMILES string of the molecule is COC(=O)[C@@]1(OC[C@@H](O)[C@@H](O)[C@@H]2O[C@@](O[C@H]3[C@@H](O[C@@H]4O[C@H](COC(C)=O)[C@H](OCc5ccccc5)[C@H](O[Si](C)(C)C(C)(C)C)[C@H]4NC(=O)OCC(Cl)(Cl)Cl)[C@@H](COCc4ccccc4)O[C@@H](O[C@H]4C(OCc5ccccc5)[C@@H](OCc5ccccc5)[C@H](OCCCCCCl)O[C@@H]4COCc4ccccc4)[C@@H]3OC(=O)c3ccccc3)(C(=O)OC)C[C@@H]3OC(=O)N[C@@H]23)C[C@@H]2OC(=O)N[C@H]2[C@@H](OC(=O)CC[C@@H](CCC(=O)O)CC(=O)O)O1. The molecule has 7 aliphatic heterocycles. The lowest BCUT2D eigenvalue weighted by molar-refractivity contribution is -0.402. The van der Waals surface area contributed by atoms with Crippen LogP contribution in [0.15, 0.2) is 182 Å². The molecule has 0 radical (unpaired) electrons. The van der Waals surface area contributed by atoms with Gasteiger partial charge in [-0.25, -0.2) is 28.8 Å². The van der Waals surface area contributed by atoms with E-state index in [1.807, 2.05) is 125 Å². The Balaban J connectivity index is 1.00. The Kier molecular flexibility index (Phi) is 43.1. The molecular weight excluding hydrogens is 2070 g/mol. The Morgan fingerprint density at radius 1 is 0.520 bits per heavy atom. The second-order valence-electron chi connectivity index (χ2n) is 38.5. The van der Waals surface area contributed by atoms with Crippen molar-refractivity contribution in [3.63, 3.8) is 0 Å². The third-order valence-electron chi connectivity index (χ3n) is 26.6. The summed E-state index contributed by atoms with van der Waals surface area (Å²) in [5.74, 6) is -15.2. The fraction of sp³-hybridized carbons (Fsp3) is 0.558. The van der Waals surface area contributed by atoms with Gasteiger partial charge in [-0.3, -0.25) is 23.9 Å². The van der Waals surface area contributed by atoms with E-state index < -0.39 is 294 Å². The van der Waals surface area contributed by atoms with E-state index in [0.717, 1.165) is 26.7 Å². The van der Waals surface area contributed by atoms with Crippen LogP contribution in [-0.2, 0) is 175 Å². The fourth-order valence-corrected chi connectivity index (χ4v) is 19.7. The lowest BCUT2D eigenvalue weighted by Crippen LogP contribution is -2.72. The molecule has 6 aromatic rings. The highest BCUT2D eigenvalue weighted by Gasteiger charge is 2.67. The first kappa shape index (κ1) is 117. The number of methoxy groups -OCH3 is 2. The number of esters is 5. The standard InChI is InChI=1S/C104H129Cl4N3O38Si/c1-61(112)131-59-74-82(132-53-65-34-20-11-21-35-65)86(149-150(7,8)101(2,3)4)80(111-98(123)135-60-104(106,107)108)92(137-74)144-84-73(58-129-52-64-32-18-10-19-33-64)139-95(145-83-72(57-128-51-63-30-16-9-17-31-63)138-94(130-47-29-15-28-46-105)89(134-55-67-38-24-13-25-39-67)87(83)133-54-66-36-22-12-23-37-66)90(143-91(120)68-40-26-14-27-41-68)88(84)147-103(97(122)127-6)50-70-78(109-99(124)140-70)85(146-103)81(119)69(113)56-136-102(96(121)126-5)49-71-79(110-100(125)141-71)93(148-102)142-77(118)45-43-62(48-76(116)117)42-44-75(114)115/h9-14,16-27,30-41,62,69-74,78-90,92-95,113,119H,15,28-29,42-60H2,1-8H3,(H,109,124)(H,110,125)(H,111,123)(H,114,115)(H,116,117)/t62-,69-,70+,71+,72-,73-,74-,78-,79-,80-,81-,82+,83-,84+,85-,86-,87?,88+,89-,90-,92+,93+,94-,95+,102-,103+/m1/s1. The number of fused-ring (bicyclic) bond motifs is 2. The number of unbranched alkanes of at least 4 members (excludes halogenated alkanes) is 2. The van der Waals surface area contributed by atoms with Crippen molar-refractivity contribution in [3.05, 3.63) is 215 Å². The number of alkyl halides is 4. The number of aliphatic carboxylic acids is 2. The lowest BCUT2D eigenvalue weighted by atomic mass is 9.88. The first-order valence-electron chi connectivity index (χ1n) is 49.3. The van der Waals surface area contributed by atoms with Crippen molar-refractivity contribution in [2.45, 2.75) is 299 Å². The van der Waals surface area contributed by atoms with Crippen molar-refractivity contribution in [1.29, 1.82) is 0 Å². The third kappa shape index (κ3) is 32.6. The summed E-state index contributed by atoms with van der Waals surface area (Å²) in [6.45, 7) is 6.35. The summed E-state index contributed by atoms with van der Waals surface area (Å²) in [6, 6.07) is 47.9. The molecule has 26 atom stereocenters. The molecule has 0 saturated carbocycles. The zero-order valence-corrected chi connectivity index (χ0v) is 87.9. The van der Waals surface area contributed by atoms with Crippen molar-refractivity contribution < 1.29 is 182 Å². The smallest absolute Gasteiger partial charge is 0.408 e. The molecule has 7 saturated heterocycles. The van der Waals surface area contributed by atoms with Gasteiger partial charge >= 0.3 is 60.1 Å². The van der Waals surface area contributed by atoms with Crippen molar-refractivity contribution in [2.24, 2.45) is 5.92 Å². The van der Waals surface area contributed by atoms with Crippen LogP contribution in [-0.4, -0.2) is 305 Å². The lowest BCUT2D eigenvalue weighted by Gasteiger charge is -2.54. The first-order valence-corrected chi connectivity index (χ1v) is 53.9. The zero-order valence-electron chi connectivity index (χ0n) is 83.9. The van der Waals surface area contributed by atoms with Gasteiger partial charge in [0.05, 0.1) is 97.6 Å². The van der Waals surface area contributed by atoms with Crippen LogP contribution in [0.1, 0.15) is 130 Å². The van der Waals surface area contributed by atoms with Gasteiger partial charge in [0.15, 0.2) is 33.3 Å². The van der Waals surface area contributed by atoms with Gasteiger partial charge in [-0.15, -0.1) is 11.6 Å². The number of carboxylic acid groups (broad SMARTS) is 2. The average Bonchev–Trinajstić information content (AvgIpc) is 0.836. The summed E-state index contributed by atoms with van der Waals surface area (Å²) < 4.78 is 159. The Labute approximate surface area is 887 Å². The molecule has 7 heterocycles. The normalized spacial score (nSPS) is 28.3. The van der Waals surface area contributed by atoms with E-state index in [4.69, 9.17) is 160 Å². The summed E-state index contributed by atoms with van der Waals surface area (Å²) >= 11 is 25.3. The molecule has 7 fully saturated rings. The fourth-order valence-electron chi connectivity index (χ4n) is 18.0. The number of carbonyl (C=O) groups is 10. The van der Waals surface area contributed by atoms with Crippen LogP contribution in [0, 0.1) is 5.92 Å². The Morgan fingerprint density at radius 3 is 1.54 bits per heavy atom. The second kappa shape index (κ2) is 55.2. The van der Waals surface area contributed by atoms with Crippen molar-refractivity contribution >= 4 is 115 Å². The van der Waals surface area contributed by atoms with Crippen LogP contribution in [0.2, 0.25) is 18.1 Å². The number of hydrogen-bond acceptors (Lipinski definition) is 36. The summed E-state index contributed by atoms with van der Waals surface area (Å²) in [4.78, 5) is 141. The molecule has 0 aliphatic carbocycles. The largest absolute Gasteiger partial charge is 0.481 e. The Morgan fingerprint density at radius 2 is 1.01 bits per heavy atom. The number of aliphatic hydroxyl groups is 2. The quantitative estimate of drug-likeness (QED) is 0.00613. The number of alkyl carbamates (subject to hydrolysis) is 3. The zero-order chi connectivity index (χ0) is 107. The predicted octanol–water partition coefficient (Wildman–Crippen LogP) is 11.8. The molecule has 150 heavy (non-hydrogen) atoms. The van der Waals surface area contributed by atoms with E-state index in [-0.39, 0.29) is 64.7 Å². The molecule has 6 aromatic carbocycles. The number of aliphatic hydroxyl groups excluding tert-OH is 2. The topological polar surface area (TPSA) is 509 Å². The van der Waals surface area contributed by atoms with Crippen LogP contribution in [0.5, 0.6) is 0 Å². The van der Waals surface area contributed by atoms with E-state index in [1.165, 1.54) is 24.3 Å². The van der Waals surface area contributed by atoms with E-state index >= 15 is 14.4 Å². The van der Waals surface area contributed by atoms with Gasteiger partial charge in [-0.2, -0.15) is 0 Å². The minimum atomic E-state index is -3.36. The van der Waals surface area contributed by atoms with Gasteiger partial charge in [0, 0.05) is 38.7 Å². The highest BCUT2D eigenvalue weighted by molar-refractivity contribution is 6.74. The molecular formula is C104H129Cl4N3O38Si. The number of nitrogens with one attached hydrogen (secondary N) is 3. The van der Waals surface area contributed by atoms with Gasteiger partial charge in [0.2, 0.25) is 10.1 Å². The molecule has 13 rings (SSSR count). The molecule has 0 spiro atoms. The van der Waals surface area contributed by atoms with E-state index in [2.05, 4.69) is 16.0 Å². The molecule has 3 amide bonds. The van der Waals surface area contributed by atoms with Crippen molar-refractivity contribution in [1.82, 2.24) is 16.0 Å². The highest BCUT2D eigenvalue weighted by atomic mass is 35.6. The number of hydrogen-bond donors (Lipinski definition) is 7. The first-order chi connectivity index (χ1) is 71.8. The molecule has 1 unspecified atom stereocenters. The number of benzene rings is 6. The van der Waals surface area contributed by atoms with Crippen LogP contribution in [0.3, 0.4) is 0 Å². The predicted molar refractivity (Wildman–Crippen MR) is 530 cm³/mol. The summed E-state index contributed by atoms with van der Waals surface area (Å²) in [6.07, 6.45) is -42.5. The number of ether oxygens (including phenoxy) is 23. The minimum Gasteiger partial charge on any atom is -0.481 e. The van der Waals surface area contributed by atoms with Gasteiger partial charge < -0.3 is 145 Å². The monoisotopic (exact) mass is 2200 g/mol. The number of carbonyl (C=O) groups excluding carboxylic acids is 8. The molecule has 820 valence electrons. The molecule has 0 bridgehead atoms. The van der Waals surface area contributed by atoms with Gasteiger partial charge in [-0.1, -0.05) is 225 Å². The molecule has 7 aliphatic rings. The highest BCUT2D eigenvalue weighted by Crippen LogP contribution is 2.48. The number of rotatable bonds is 53. The molecule has 46 heteroatoms. The maximum Gasteiger partial charge on any atom is 0.408 e. The van der Waals surface area contributed by atoms with Crippen molar-refractivity contribution in [3.8, 4) is 0 Å². The second-order valence-corrected chi connectivity index (χ2v) is 46.2. The Hall–Kier alpha value is -9.92. The van der Waals surface area contributed by atoms with Crippen LogP contribution >= 0.6 is 46.4 Å². The summed E-state index contributed by atoms with van der Waals surface area (Å²) in [5.41, 5.74) is 3.16. The van der Waals surface area contributed by atoms with Crippen molar-refractivity contribution in [2.75, 3.05) is 59.7 Å². The maximum absolute atomic E-state index is 16.4. The minimum absolute atomic E-state index is 0.0228. The van der Waals surface area contributed by atoms with Gasteiger partial charge in [0.25, 0.3) is 11.6 Å². The van der Waals surface area contributed by atoms with Crippen LogP contribution < -0.4 is 16.0 Å². The molecule has 0 aromatic heterocycles.